The highest BCUT2D eigenvalue weighted by Crippen LogP contribution is 2.22. The normalized spacial score (nSPS) is 13.2. The molecule has 0 aliphatic heterocycles. The smallest absolute Gasteiger partial charge is 0.305 e. The first kappa shape index (κ1) is 62.8. The molecule has 0 fully saturated rings. The van der Waals surface area contributed by atoms with E-state index in [-0.39, 0.29) is 25.2 Å². The summed E-state index contributed by atoms with van der Waals surface area (Å²) in [5.74, 6) is 1.59. The number of aliphatic hydroxyl groups is 2. The summed E-state index contributed by atoms with van der Waals surface area (Å²) in [5, 5.41) is 19.1. The number of rotatable bonds is 52. The van der Waals surface area contributed by atoms with Crippen LogP contribution in [0.3, 0.4) is 0 Å². The van der Waals surface area contributed by atoms with E-state index in [4.69, 9.17) is 9.47 Å². The van der Waals surface area contributed by atoms with Crippen molar-refractivity contribution < 1.29 is 29.3 Å². The summed E-state index contributed by atoms with van der Waals surface area (Å²) in [5.41, 5.74) is 0. The van der Waals surface area contributed by atoms with Crippen molar-refractivity contribution in [2.75, 3.05) is 65.7 Å². The third kappa shape index (κ3) is 43.4. The lowest BCUT2D eigenvalue weighted by atomic mass is 9.95. The second kappa shape index (κ2) is 49.7. The van der Waals surface area contributed by atoms with Gasteiger partial charge in [-0.15, -0.1) is 0 Å². The third-order valence-electron chi connectivity index (χ3n) is 13.6. The number of carbonyl (C=O) groups excluding carboxylic acids is 2. The maximum absolute atomic E-state index is 12.7. The fourth-order valence-corrected chi connectivity index (χ4v) is 9.29. The molecule has 3 unspecified atom stereocenters. The van der Waals surface area contributed by atoms with Gasteiger partial charge in [0.15, 0.2) is 0 Å². The lowest BCUT2D eigenvalue weighted by molar-refractivity contribution is -0.146. The lowest BCUT2D eigenvalue weighted by Crippen LogP contribution is -2.39. The molecule has 0 aliphatic carbocycles. The van der Waals surface area contributed by atoms with Crippen LogP contribution in [0, 0.1) is 17.8 Å². The zero-order chi connectivity index (χ0) is 47.0. The van der Waals surface area contributed by atoms with E-state index in [2.05, 4.69) is 44.4 Å². The first-order chi connectivity index (χ1) is 31.3. The van der Waals surface area contributed by atoms with Crippen LogP contribution in [0.1, 0.15) is 266 Å². The van der Waals surface area contributed by atoms with Gasteiger partial charge in [-0.2, -0.15) is 0 Å². The number of unbranched alkanes of at least 4 members (excludes halogenated alkanes) is 22. The highest BCUT2D eigenvalue weighted by atomic mass is 16.5. The van der Waals surface area contributed by atoms with Crippen LogP contribution in [-0.4, -0.2) is 97.6 Å². The van der Waals surface area contributed by atoms with Crippen molar-refractivity contribution in [2.45, 2.75) is 266 Å². The van der Waals surface area contributed by atoms with Crippen LogP contribution in [0.15, 0.2) is 0 Å². The Bertz CT molecular complexity index is 968. The van der Waals surface area contributed by atoms with E-state index >= 15 is 0 Å². The average molecular weight is 910 g/mol. The molecule has 0 aromatic rings. The minimum atomic E-state index is -0.00925. The lowest BCUT2D eigenvalue weighted by Gasteiger charge is -2.29. The first-order valence-electron chi connectivity index (χ1n) is 28.3. The maximum Gasteiger partial charge on any atom is 0.305 e. The van der Waals surface area contributed by atoms with Gasteiger partial charge in [0.05, 0.1) is 19.8 Å². The van der Waals surface area contributed by atoms with Crippen LogP contribution in [0.2, 0.25) is 0 Å². The molecule has 0 saturated carbocycles. The molecule has 0 aromatic heterocycles. The van der Waals surface area contributed by atoms with Crippen molar-refractivity contribution in [3.05, 3.63) is 0 Å². The van der Waals surface area contributed by atoms with E-state index in [1.165, 1.54) is 154 Å². The third-order valence-corrected chi connectivity index (χ3v) is 13.6. The molecule has 0 amide bonds. The van der Waals surface area contributed by atoms with Gasteiger partial charge in [0.25, 0.3) is 0 Å². The van der Waals surface area contributed by atoms with E-state index in [9.17, 15) is 19.8 Å². The molecule has 8 heteroatoms. The van der Waals surface area contributed by atoms with E-state index < -0.39 is 0 Å². The van der Waals surface area contributed by atoms with Crippen molar-refractivity contribution in [1.29, 1.82) is 0 Å². The summed E-state index contributed by atoms with van der Waals surface area (Å²) in [4.78, 5) is 30.3. The second-order valence-corrected chi connectivity index (χ2v) is 20.1. The SMILES string of the molecule is CCCCCCCCC(CCCCCC)COC(=O)CCCCCCCN(CCN(CCO)CCCO)CC(C)CCCCCC(=O)OCC(CCCCCC)CCCCCCCC. The van der Waals surface area contributed by atoms with Gasteiger partial charge in [0, 0.05) is 52.2 Å². The minimum absolute atomic E-state index is 0.00838. The summed E-state index contributed by atoms with van der Waals surface area (Å²) in [7, 11) is 0. The number of ether oxygens (including phenoxy) is 2. The Kier molecular flexibility index (Phi) is 48.7. The number of hydrogen-bond acceptors (Lipinski definition) is 8. The van der Waals surface area contributed by atoms with Gasteiger partial charge < -0.3 is 24.6 Å². The quantitative estimate of drug-likeness (QED) is 0.0460. The van der Waals surface area contributed by atoms with Crippen LogP contribution in [0.25, 0.3) is 0 Å². The van der Waals surface area contributed by atoms with E-state index in [0.717, 1.165) is 96.9 Å². The van der Waals surface area contributed by atoms with Crippen LogP contribution in [-0.2, 0) is 19.1 Å². The molecule has 0 aliphatic rings. The van der Waals surface area contributed by atoms with Crippen LogP contribution >= 0.6 is 0 Å². The topological polar surface area (TPSA) is 99.5 Å². The Balaban J connectivity index is 4.70. The first-order valence-corrected chi connectivity index (χ1v) is 28.3. The molecule has 64 heavy (non-hydrogen) atoms. The molecular formula is C56H112N2O6. The standard InChI is InChI=1S/C56H112N2O6/c1-6-10-14-18-21-29-38-53(36-27-16-12-8-3)50-63-55(61)40-31-23-20-24-33-42-58(45-44-57(46-48-60)43-34-47-59)49-52(5)35-26-25-32-41-56(62)64-51-54(37-28-17-13-9-4)39-30-22-19-15-11-7-2/h52-54,59-60H,6-51H2,1-5H3. The van der Waals surface area contributed by atoms with Gasteiger partial charge in [0.1, 0.15) is 0 Å². The Morgan fingerprint density at radius 3 is 1.20 bits per heavy atom. The minimum Gasteiger partial charge on any atom is -0.465 e. The molecular weight excluding hydrogens is 797 g/mol. The zero-order valence-electron chi connectivity index (χ0n) is 43.7. The van der Waals surface area contributed by atoms with Crippen LogP contribution in [0.5, 0.6) is 0 Å². The molecule has 0 bridgehead atoms. The van der Waals surface area contributed by atoms with E-state index in [1.54, 1.807) is 0 Å². The number of aliphatic hydroxyl groups excluding tert-OH is 2. The van der Waals surface area contributed by atoms with Crippen molar-refractivity contribution in [3.63, 3.8) is 0 Å². The Morgan fingerprint density at radius 1 is 0.391 bits per heavy atom. The highest BCUT2D eigenvalue weighted by Gasteiger charge is 2.16. The predicted octanol–water partition coefficient (Wildman–Crippen LogP) is 14.7. The Morgan fingerprint density at radius 2 is 0.750 bits per heavy atom. The molecule has 0 saturated heterocycles. The monoisotopic (exact) mass is 909 g/mol. The largest absolute Gasteiger partial charge is 0.465 e. The summed E-state index contributed by atoms with van der Waals surface area (Å²) in [6.45, 7) is 18.4. The van der Waals surface area contributed by atoms with Gasteiger partial charge in [-0.1, -0.05) is 195 Å². The van der Waals surface area contributed by atoms with Crippen LogP contribution < -0.4 is 0 Å². The predicted molar refractivity (Wildman–Crippen MR) is 274 cm³/mol. The molecule has 8 nitrogen and oxygen atoms in total. The average Bonchev–Trinajstić information content (AvgIpc) is 3.29. The molecule has 2 N–H and O–H groups in total. The van der Waals surface area contributed by atoms with Crippen molar-refractivity contribution >= 4 is 11.9 Å². The fourth-order valence-electron chi connectivity index (χ4n) is 9.29. The fraction of sp³-hybridized carbons (Fsp3) is 0.964. The molecule has 0 rings (SSSR count). The molecule has 0 spiro atoms. The van der Waals surface area contributed by atoms with Crippen LogP contribution in [0.4, 0.5) is 0 Å². The van der Waals surface area contributed by atoms with E-state index in [1.807, 2.05) is 0 Å². The number of nitrogens with zero attached hydrogens (tertiary/aromatic N) is 2. The molecule has 0 aromatic carbocycles. The Labute approximate surface area is 398 Å². The van der Waals surface area contributed by atoms with Crippen molar-refractivity contribution in [1.82, 2.24) is 9.80 Å². The summed E-state index contributed by atoms with van der Waals surface area (Å²) in [6, 6.07) is 0. The van der Waals surface area contributed by atoms with Gasteiger partial charge in [0.2, 0.25) is 0 Å². The number of hydrogen-bond donors (Lipinski definition) is 2. The molecule has 0 heterocycles. The molecule has 382 valence electrons. The summed E-state index contributed by atoms with van der Waals surface area (Å²) < 4.78 is 11.7. The van der Waals surface area contributed by atoms with Crippen molar-refractivity contribution in [2.24, 2.45) is 17.8 Å². The zero-order valence-corrected chi connectivity index (χ0v) is 43.7. The van der Waals surface area contributed by atoms with Gasteiger partial charge in [-0.05, 0) is 82.1 Å². The van der Waals surface area contributed by atoms with Crippen molar-refractivity contribution in [3.8, 4) is 0 Å². The maximum atomic E-state index is 12.7. The van der Waals surface area contributed by atoms with Gasteiger partial charge in [-0.3, -0.25) is 14.5 Å². The second-order valence-electron chi connectivity index (χ2n) is 20.1. The molecule has 3 atom stereocenters. The number of esters is 2. The van der Waals surface area contributed by atoms with Gasteiger partial charge >= 0.3 is 11.9 Å². The summed E-state index contributed by atoms with van der Waals surface area (Å²) >= 11 is 0. The van der Waals surface area contributed by atoms with Gasteiger partial charge in [-0.25, -0.2) is 0 Å². The summed E-state index contributed by atoms with van der Waals surface area (Å²) in [6.07, 6.45) is 42.3. The number of carbonyl (C=O) groups is 2. The Hall–Kier alpha value is -1.22. The van der Waals surface area contributed by atoms with E-state index in [0.29, 0.717) is 50.4 Å². The highest BCUT2D eigenvalue weighted by molar-refractivity contribution is 5.69. The molecule has 0 radical (unpaired) electrons.